The van der Waals surface area contributed by atoms with E-state index in [1.165, 1.54) is 35.9 Å². The van der Waals surface area contributed by atoms with E-state index in [4.69, 9.17) is 4.74 Å². The number of pyridine rings is 1. The first-order valence-electron chi connectivity index (χ1n) is 13.7. The van der Waals surface area contributed by atoms with Crippen molar-refractivity contribution in [3.63, 3.8) is 0 Å². The molecule has 14 heteroatoms. The number of nitrogens with zero attached hydrogens (tertiary/aromatic N) is 4. The summed E-state index contributed by atoms with van der Waals surface area (Å²) in [6.45, 7) is 0.341. The number of halogens is 3. The number of rotatable bonds is 10. The number of aromatic nitrogens is 4. The van der Waals surface area contributed by atoms with Crippen molar-refractivity contribution < 1.29 is 21.9 Å². The van der Waals surface area contributed by atoms with Gasteiger partial charge in [-0.3, -0.25) is 10.3 Å². The maximum absolute atomic E-state index is 15.3. The number of hydrogen-bond donors (Lipinski definition) is 2. The molecule has 0 aliphatic carbocycles. The molecule has 0 radical (unpaired) electrons. The smallest absolute Gasteiger partial charge is 0.228 e. The molecule has 0 fully saturated rings. The molecular weight excluding hydrogens is 698 g/mol. The third-order valence-corrected chi connectivity index (χ3v) is 8.90. The summed E-state index contributed by atoms with van der Waals surface area (Å²) >= 11 is 4.80. The van der Waals surface area contributed by atoms with E-state index in [-0.39, 0.29) is 35.9 Å². The van der Waals surface area contributed by atoms with Gasteiger partial charge >= 0.3 is 0 Å². The molecule has 2 N–H and O–H groups in total. The Morgan fingerprint density at radius 1 is 0.978 bits per heavy atom. The maximum Gasteiger partial charge on any atom is 0.228 e. The molecule has 3 heterocycles. The van der Waals surface area contributed by atoms with Crippen molar-refractivity contribution in [2.45, 2.75) is 19.6 Å². The first kappa shape index (κ1) is 31.4. The zero-order valence-electron chi connectivity index (χ0n) is 23.7. The molecule has 232 valence electrons. The second-order valence-corrected chi connectivity index (χ2v) is 12.7. The second-order valence-electron chi connectivity index (χ2n) is 9.90. The standard InChI is InChI=1S/C32H23BrF2N6O3S2/c33-25-11-22(7-8-29(25)44-16-19-4-3-5-20(34)10-19)40-32-24-13-23(26(35)14-27(24)38-18-39-32)28-17-45-30(41-28)15-37-31(46(42)43)12-21-6-1-2-9-36-21/h1-11,13-14,17-18,37H,12,15-16H2,(H,38,39,40). The minimum Gasteiger partial charge on any atom is -0.488 e. The number of anilines is 2. The van der Waals surface area contributed by atoms with E-state index in [9.17, 15) is 12.8 Å². The quantitative estimate of drug-likeness (QED) is 0.147. The van der Waals surface area contributed by atoms with Crippen molar-refractivity contribution >= 4 is 65.0 Å². The summed E-state index contributed by atoms with van der Waals surface area (Å²) in [5, 5.41) is 9.04. The molecule has 9 nitrogen and oxygen atoms in total. The van der Waals surface area contributed by atoms with Crippen molar-refractivity contribution in [3.8, 4) is 17.0 Å². The van der Waals surface area contributed by atoms with Crippen LogP contribution in [0.1, 0.15) is 16.3 Å². The van der Waals surface area contributed by atoms with Crippen LogP contribution in [0.5, 0.6) is 5.75 Å². The fourth-order valence-electron chi connectivity index (χ4n) is 4.53. The summed E-state index contributed by atoms with van der Waals surface area (Å²) in [6.07, 6.45) is 3.06. The summed E-state index contributed by atoms with van der Waals surface area (Å²) in [4.78, 5) is 17.4. The molecule has 6 rings (SSSR count). The molecule has 0 aliphatic heterocycles. The SMILES string of the molecule is O=S(=O)=C(Cc1ccccn1)NCc1nc(-c2cc3c(Nc4ccc(OCc5cccc(F)c5)c(Br)c4)ncnc3cc2F)cs1. The van der Waals surface area contributed by atoms with Gasteiger partial charge in [-0.25, -0.2) is 23.7 Å². The fourth-order valence-corrected chi connectivity index (χ4v) is 6.21. The van der Waals surface area contributed by atoms with Crippen molar-refractivity contribution in [3.05, 3.63) is 123 Å². The third kappa shape index (κ3) is 7.59. The Kier molecular flexibility index (Phi) is 9.68. The summed E-state index contributed by atoms with van der Waals surface area (Å²) < 4.78 is 58.9. The van der Waals surface area contributed by atoms with Gasteiger partial charge in [0, 0.05) is 46.4 Å². The highest BCUT2D eigenvalue weighted by molar-refractivity contribution is 9.10. The molecular formula is C32H23BrF2N6O3S2. The molecule has 0 unspecified atom stereocenters. The van der Waals surface area contributed by atoms with Crippen LogP contribution in [0.2, 0.25) is 0 Å². The van der Waals surface area contributed by atoms with E-state index >= 15 is 4.39 Å². The Labute approximate surface area is 276 Å². The number of benzene rings is 3. The largest absolute Gasteiger partial charge is 0.488 e. The minimum atomic E-state index is -2.47. The van der Waals surface area contributed by atoms with Crippen LogP contribution in [0.25, 0.3) is 22.2 Å². The lowest BCUT2D eigenvalue weighted by Gasteiger charge is -2.13. The third-order valence-electron chi connectivity index (χ3n) is 6.74. The lowest BCUT2D eigenvalue weighted by atomic mass is 10.1. The van der Waals surface area contributed by atoms with E-state index in [1.54, 1.807) is 60.1 Å². The van der Waals surface area contributed by atoms with Gasteiger partial charge in [-0.15, -0.1) is 11.3 Å². The molecule has 0 amide bonds. The number of ether oxygens (including phenoxy) is 1. The van der Waals surface area contributed by atoms with Crippen molar-refractivity contribution in [2.24, 2.45) is 0 Å². The molecule has 0 saturated heterocycles. The van der Waals surface area contributed by atoms with Gasteiger partial charge < -0.3 is 10.1 Å². The first-order chi connectivity index (χ1) is 22.3. The molecule has 0 spiro atoms. The van der Waals surface area contributed by atoms with Gasteiger partial charge in [0.15, 0.2) is 0 Å². The highest BCUT2D eigenvalue weighted by atomic mass is 79.9. The van der Waals surface area contributed by atoms with Gasteiger partial charge in [0.2, 0.25) is 10.3 Å². The van der Waals surface area contributed by atoms with Crippen LogP contribution < -0.4 is 15.4 Å². The van der Waals surface area contributed by atoms with Gasteiger partial charge in [0.1, 0.15) is 46.1 Å². The zero-order valence-corrected chi connectivity index (χ0v) is 27.0. The Balaban J connectivity index is 1.18. The number of nitrogens with one attached hydrogen (secondary N) is 2. The van der Waals surface area contributed by atoms with E-state index in [0.29, 0.717) is 54.6 Å². The normalized spacial score (nSPS) is 11.0. The predicted molar refractivity (Wildman–Crippen MR) is 177 cm³/mol. The fraction of sp³-hybridized carbons (Fsp3) is 0.0938. The molecule has 0 saturated carbocycles. The monoisotopic (exact) mass is 720 g/mol. The van der Waals surface area contributed by atoms with Crippen LogP contribution in [-0.4, -0.2) is 33.3 Å². The number of thiazole rings is 1. The second kappa shape index (κ2) is 14.2. The first-order valence-corrected chi connectivity index (χ1v) is 16.5. The van der Waals surface area contributed by atoms with E-state index in [2.05, 4.69) is 46.5 Å². The highest BCUT2D eigenvalue weighted by Gasteiger charge is 2.16. The van der Waals surface area contributed by atoms with E-state index in [1.807, 2.05) is 6.07 Å². The Hall–Kier alpha value is -4.63. The molecule has 6 aromatic rings. The Bertz CT molecular complexity index is 2170. The van der Waals surface area contributed by atoms with E-state index in [0.717, 1.165) is 0 Å². The Morgan fingerprint density at radius 3 is 2.65 bits per heavy atom. The van der Waals surface area contributed by atoms with Gasteiger partial charge in [0.05, 0.1) is 22.2 Å². The number of fused-ring (bicyclic) bond motifs is 1. The molecule has 46 heavy (non-hydrogen) atoms. The Morgan fingerprint density at radius 2 is 1.87 bits per heavy atom. The predicted octanol–water partition coefficient (Wildman–Crippen LogP) is 6.85. The summed E-state index contributed by atoms with van der Waals surface area (Å²) in [5.41, 5.74) is 3.04. The van der Waals surface area contributed by atoms with Crippen LogP contribution >= 0.6 is 27.3 Å². The van der Waals surface area contributed by atoms with Crippen LogP contribution in [0.4, 0.5) is 20.3 Å². The molecule has 0 aliphatic rings. The molecule has 3 aromatic carbocycles. The van der Waals surface area contributed by atoms with E-state index < -0.39 is 16.1 Å². The number of hydrogen-bond acceptors (Lipinski definition) is 9. The average Bonchev–Trinajstić information content (AvgIpc) is 3.51. The van der Waals surface area contributed by atoms with Gasteiger partial charge in [0.25, 0.3) is 0 Å². The van der Waals surface area contributed by atoms with Crippen LogP contribution in [0.15, 0.2) is 95.2 Å². The van der Waals surface area contributed by atoms with Gasteiger partial charge in [-0.2, -0.15) is 8.42 Å². The minimum absolute atomic E-state index is 0.0815. The lowest BCUT2D eigenvalue weighted by molar-refractivity contribution is 0.303. The van der Waals surface area contributed by atoms with Crippen LogP contribution in [0, 0.1) is 11.6 Å². The van der Waals surface area contributed by atoms with Gasteiger partial charge in [-0.1, -0.05) is 18.2 Å². The topological polar surface area (TPSA) is 119 Å². The molecule has 3 aromatic heterocycles. The average molecular weight is 722 g/mol. The lowest BCUT2D eigenvalue weighted by Crippen LogP contribution is -2.26. The molecule has 0 bridgehead atoms. The highest BCUT2D eigenvalue weighted by Crippen LogP contribution is 2.34. The van der Waals surface area contributed by atoms with Crippen molar-refractivity contribution in [1.82, 2.24) is 25.3 Å². The van der Waals surface area contributed by atoms with Crippen molar-refractivity contribution in [1.29, 1.82) is 0 Å². The summed E-state index contributed by atoms with van der Waals surface area (Å²) in [5.74, 6) is 0.192. The van der Waals surface area contributed by atoms with Crippen molar-refractivity contribution in [2.75, 3.05) is 5.32 Å². The summed E-state index contributed by atoms with van der Waals surface area (Å²) in [6, 6.07) is 19.8. The zero-order chi connectivity index (χ0) is 32.0. The summed E-state index contributed by atoms with van der Waals surface area (Å²) in [7, 11) is -2.47. The molecule has 0 atom stereocenters. The van der Waals surface area contributed by atoms with Crippen LogP contribution in [0.3, 0.4) is 0 Å². The maximum atomic E-state index is 15.3. The van der Waals surface area contributed by atoms with Crippen LogP contribution in [-0.2, 0) is 29.9 Å². The van der Waals surface area contributed by atoms with Gasteiger partial charge in [-0.05, 0) is 70.0 Å².